The van der Waals surface area contributed by atoms with Gasteiger partial charge in [-0.3, -0.25) is 14.3 Å². The van der Waals surface area contributed by atoms with Crippen LogP contribution in [0.1, 0.15) is 27.2 Å². The van der Waals surface area contributed by atoms with E-state index < -0.39 is 17.4 Å². The lowest BCUT2D eigenvalue weighted by molar-refractivity contribution is -0.0510. The van der Waals surface area contributed by atoms with Gasteiger partial charge in [-0.15, -0.1) is 0 Å². The van der Waals surface area contributed by atoms with Crippen molar-refractivity contribution in [3.8, 4) is 0 Å². The van der Waals surface area contributed by atoms with Gasteiger partial charge in [0.05, 0.1) is 6.10 Å². The van der Waals surface area contributed by atoms with E-state index in [1.54, 1.807) is 6.92 Å². The second-order valence-electron chi connectivity index (χ2n) is 5.53. The zero-order valence-corrected chi connectivity index (χ0v) is 11.4. The molecule has 2 atom stereocenters. The molecule has 1 aromatic rings. The van der Waals surface area contributed by atoms with Gasteiger partial charge in [0.1, 0.15) is 11.5 Å². The predicted molar refractivity (Wildman–Crippen MR) is 73.2 cm³/mol. The van der Waals surface area contributed by atoms with E-state index in [1.165, 1.54) is 4.57 Å². The topological polar surface area (TPSA) is 113 Å². The Morgan fingerprint density at radius 3 is 2.63 bits per heavy atom. The van der Waals surface area contributed by atoms with Crippen LogP contribution in [0.15, 0.2) is 9.59 Å². The largest absolute Gasteiger partial charge is 0.392 e. The summed E-state index contributed by atoms with van der Waals surface area (Å²) in [5, 5.41) is 12.7. The summed E-state index contributed by atoms with van der Waals surface area (Å²) in [5.74, 6) is 0.133. The Hall–Kier alpha value is -1.76. The maximum atomic E-state index is 11.8. The van der Waals surface area contributed by atoms with Gasteiger partial charge < -0.3 is 16.2 Å². The van der Waals surface area contributed by atoms with Crippen LogP contribution in [0, 0.1) is 5.41 Å². The van der Waals surface area contributed by atoms with Crippen molar-refractivity contribution in [1.29, 1.82) is 0 Å². The van der Waals surface area contributed by atoms with Crippen LogP contribution in [0.4, 0.5) is 11.5 Å². The quantitative estimate of drug-likeness (QED) is 0.601. The standard InChI is InChI=1S/C12H20N4O3/c1-4-16-9(13)8(10(18)15-11(16)19)14-6-5-7(17)12(6,2)3/h6-7,14,17H,4-5,13H2,1-3H3,(H,15,18,19). The van der Waals surface area contributed by atoms with Gasteiger partial charge in [0.2, 0.25) is 0 Å². The third kappa shape index (κ3) is 2.03. The summed E-state index contributed by atoms with van der Waals surface area (Å²) >= 11 is 0. The highest BCUT2D eigenvalue weighted by molar-refractivity contribution is 5.61. The molecule has 1 aliphatic carbocycles. The predicted octanol–water partition coefficient (Wildman–Crippen LogP) is -0.290. The molecule has 0 aliphatic heterocycles. The number of aromatic nitrogens is 2. The first-order valence-corrected chi connectivity index (χ1v) is 6.36. The highest BCUT2D eigenvalue weighted by atomic mass is 16.3. The molecule has 0 spiro atoms. The number of aromatic amines is 1. The van der Waals surface area contributed by atoms with E-state index in [9.17, 15) is 14.7 Å². The summed E-state index contributed by atoms with van der Waals surface area (Å²) in [5.41, 5.74) is 4.70. The molecule has 1 saturated carbocycles. The molecule has 0 bridgehead atoms. The van der Waals surface area contributed by atoms with Crippen molar-refractivity contribution in [3.63, 3.8) is 0 Å². The van der Waals surface area contributed by atoms with E-state index >= 15 is 0 Å². The molecule has 2 unspecified atom stereocenters. The molecule has 2 rings (SSSR count). The molecule has 1 aliphatic rings. The summed E-state index contributed by atoms with van der Waals surface area (Å²) in [4.78, 5) is 25.6. The Morgan fingerprint density at radius 2 is 2.16 bits per heavy atom. The van der Waals surface area contributed by atoms with E-state index in [2.05, 4.69) is 10.3 Å². The molecule has 0 amide bonds. The summed E-state index contributed by atoms with van der Waals surface area (Å²) in [6.07, 6.45) is 0.152. The average molecular weight is 268 g/mol. The Kier molecular flexibility index (Phi) is 3.17. The second kappa shape index (κ2) is 4.41. The molecule has 0 saturated heterocycles. The molecule has 7 nitrogen and oxygen atoms in total. The minimum absolute atomic E-state index is 0.0475. The van der Waals surface area contributed by atoms with E-state index in [0.717, 1.165) is 0 Å². The van der Waals surface area contributed by atoms with Crippen molar-refractivity contribution < 1.29 is 5.11 Å². The number of aliphatic hydroxyl groups excluding tert-OH is 1. The molecule has 1 heterocycles. The monoisotopic (exact) mass is 268 g/mol. The highest BCUT2D eigenvalue weighted by Gasteiger charge is 2.47. The first-order valence-electron chi connectivity index (χ1n) is 6.36. The number of nitrogens with zero attached hydrogens (tertiary/aromatic N) is 1. The molecule has 0 radical (unpaired) electrons. The van der Waals surface area contributed by atoms with Crippen molar-refractivity contribution in [1.82, 2.24) is 9.55 Å². The third-order valence-electron chi connectivity index (χ3n) is 4.09. The van der Waals surface area contributed by atoms with Crippen LogP contribution in [-0.2, 0) is 6.54 Å². The summed E-state index contributed by atoms with van der Waals surface area (Å²) in [7, 11) is 0. The molecule has 5 N–H and O–H groups in total. The lowest BCUT2D eigenvalue weighted by Gasteiger charge is -2.49. The van der Waals surface area contributed by atoms with Crippen molar-refractivity contribution in [2.24, 2.45) is 5.41 Å². The van der Waals surface area contributed by atoms with Crippen LogP contribution in [0.25, 0.3) is 0 Å². The Balaban J connectivity index is 2.37. The molecule has 106 valence electrons. The highest BCUT2D eigenvalue weighted by Crippen LogP contribution is 2.42. The molecular weight excluding hydrogens is 248 g/mol. The summed E-state index contributed by atoms with van der Waals surface area (Å²) in [6.45, 7) is 5.99. The number of hydrogen-bond donors (Lipinski definition) is 4. The van der Waals surface area contributed by atoms with Crippen LogP contribution < -0.4 is 22.3 Å². The fourth-order valence-corrected chi connectivity index (χ4v) is 2.36. The molecule has 0 aromatic carbocycles. The van der Waals surface area contributed by atoms with Crippen molar-refractivity contribution >= 4 is 11.5 Å². The van der Waals surface area contributed by atoms with Crippen LogP contribution in [0.5, 0.6) is 0 Å². The van der Waals surface area contributed by atoms with Crippen molar-refractivity contribution in [2.75, 3.05) is 11.1 Å². The number of hydrogen-bond acceptors (Lipinski definition) is 5. The maximum Gasteiger partial charge on any atom is 0.330 e. The zero-order chi connectivity index (χ0) is 14.4. The van der Waals surface area contributed by atoms with Gasteiger partial charge in [0, 0.05) is 18.0 Å². The van der Waals surface area contributed by atoms with Crippen molar-refractivity contribution in [3.05, 3.63) is 20.8 Å². The van der Waals surface area contributed by atoms with Crippen LogP contribution in [0.2, 0.25) is 0 Å². The number of nitrogens with two attached hydrogens (primary N) is 1. The summed E-state index contributed by atoms with van der Waals surface area (Å²) in [6, 6.07) is -0.0475. The Morgan fingerprint density at radius 1 is 1.53 bits per heavy atom. The maximum absolute atomic E-state index is 11.8. The minimum Gasteiger partial charge on any atom is -0.392 e. The Labute approximate surface area is 110 Å². The van der Waals surface area contributed by atoms with Gasteiger partial charge in [-0.05, 0) is 13.3 Å². The number of nitrogens with one attached hydrogen (secondary N) is 2. The Bertz CT molecular complexity index is 602. The van der Waals surface area contributed by atoms with E-state index in [4.69, 9.17) is 5.73 Å². The smallest absolute Gasteiger partial charge is 0.330 e. The molecule has 1 fully saturated rings. The first-order chi connectivity index (χ1) is 8.78. The normalized spacial score (nSPS) is 24.8. The van der Waals surface area contributed by atoms with Crippen LogP contribution in [0.3, 0.4) is 0 Å². The average Bonchev–Trinajstić information content (AvgIpc) is 2.33. The molecule has 1 aromatic heterocycles. The zero-order valence-electron chi connectivity index (χ0n) is 11.4. The van der Waals surface area contributed by atoms with Gasteiger partial charge in [-0.25, -0.2) is 4.79 Å². The van der Waals surface area contributed by atoms with E-state index in [1.807, 2.05) is 13.8 Å². The van der Waals surface area contributed by atoms with Gasteiger partial charge in [-0.2, -0.15) is 0 Å². The molecule has 19 heavy (non-hydrogen) atoms. The van der Waals surface area contributed by atoms with Gasteiger partial charge in [0.25, 0.3) is 5.56 Å². The third-order valence-corrected chi connectivity index (χ3v) is 4.09. The number of H-pyrrole nitrogens is 1. The lowest BCUT2D eigenvalue weighted by atomic mass is 9.64. The number of rotatable bonds is 3. The van der Waals surface area contributed by atoms with Gasteiger partial charge >= 0.3 is 5.69 Å². The van der Waals surface area contributed by atoms with E-state index in [-0.39, 0.29) is 23.0 Å². The molecular formula is C12H20N4O3. The summed E-state index contributed by atoms with van der Waals surface area (Å²) < 4.78 is 1.30. The number of nitrogen functional groups attached to an aromatic ring is 1. The number of aliphatic hydroxyl groups is 1. The van der Waals surface area contributed by atoms with Crippen LogP contribution >= 0.6 is 0 Å². The SMILES string of the molecule is CCn1c(N)c(NC2CC(O)C2(C)C)c(=O)[nH]c1=O. The minimum atomic E-state index is -0.524. The van der Waals surface area contributed by atoms with Crippen molar-refractivity contribution in [2.45, 2.75) is 45.9 Å². The van der Waals surface area contributed by atoms with E-state index in [0.29, 0.717) is 13.0 Å². The fourth-order valence-electron chi connectivity index (χ4n) is 2.36. The van der Waals surface area contributed by atoms with Gasteiger partial charge in [-0.1, -0.05) is 13.8 Å². The van der Waals surface area contributed by atoms with Crippen LogP contribution in [-0.4, -0.2) is 26.8 Å². The first kappa shape index (κ1) is 13.7. The molecule has 7 heteroatoms. The van der Waals surface area contributed by atoms with Gasteiger partial charge in [0.15, 0.2) is 0 Å². The number of anilines is 2. The second-order valence-corrected chi connectivity index (χ2v) is 5.53. The lowest BCUT2D eigenvalue weighted by Crippen LogP contribution is -2.57. The fraction of sp³-hybridized carbons (Fsp3) is 0.667.